The van der Waals surface area contributed by atoms with E-state index < -0.39 is 59.2 Å². The molecule has 1 aromatic carbocycles. The van der Waals surface area contributed by atoms with Crippen molar-refractivity contribution in [2.24, 2.45) is 11.8 Å². The fourth-order valence-electron chi connectivity index (χ4n) is 2.93. The highest BCUT2D eigenvalue weighted by atomic mass is 19.4. The molecule has 128 valence electrons. The van der Waals surface area contributed by atoms with Gasteiger partial charge in [0.2, 0.25) is 5.91 Å². The van der Waals surface area contributed by atoms with Gasteiger partial charge in [-0.25, -0.2) is 4.39 Å². The maximum absolute atomic E-state index is 13.7. The van der Waals surface area contributed by atoms with Crippen molar-refractivity contribution in [3.63, 3.8) is 0 Å². The van der Waals surface area contributed by atoms with Crippen molar-refractivity contribution in [1.82, 2.24) is 0 Å². The van der Waals surface area contributed by atoms with Gasteiger partial charge < -0.3 is 15.2 Å². The van der Waals surface area contributed by atoms with Crippen LogP contribution >= 0.6 is 0 Å². The third-order valence-electron chi connectivity index (χ3n) is 4.04. The van der Waals surface area contributed by atoms with Gasteiger partial charge in [0, 0.05) is 0 Å². The minimum atomic E-state index is -4.70. The molecule has 2 aliphatic heterocycles. The second kappa shape index (κ2) is 5.59. The SMILES string of the molecule is O=C(Nc1cc(C(F)(F)F)ccc1F)[C@@H]1[C@H](C(=O)O)[C@@H]2C=C[C@H]1O2. The van der Waals surface area contributed by atoms with Crippen LogP contribution in [0.4, 0.5) is 23.2 Å². The van der Waals surface area contributed by atoms with E-state index in [1.54, 1.807) is 0 Å². The van der Waals surface area contributed by atoms with E-state index in [-0.39, 0.29) is 0 Å². The molecule has 1 amide bonds. The van der Waals surface area contributed by atoms with Crippen LogP contribution in [0.15, 0.2) is 30.4 Å². The second-order valence-corrected chi connectivity index (χ2v) is 5.52. The molecule has 0 spiro atoms. The van der Waals surface area contributed by atoms with Crippen LogP contribution in [0.3, 0.4) is 0 Å². The van der Waals surface area contributed by atoms with Crippen molar-refractivity contribution in [1.29, 1.82) is 0 Å². The Balaban J connectivity index is 1.85. The first-order valence-corrected chi connectivity index (χ1v) is 6.92. The fraction of sp³-hybridized carbons (Fsp3) is 0.333. The smallest absolute Gasteiger partial charge is 0.416 e. The van der Waals surface area contributed by atoms with E-state index in [0.29, 0.717) is 18.2 Å². The number of ether oxygens (including phenoxy) is 1. The normalized spacial score (nSPS) is 28.2. The number of nitrogens with one attached hydrogen (secondary N) is 1. The van der Waals surface area contributed by atoms with E-state index in [2.05, 4.69) is 0 Å². The molecule has 4 atom stereocenters. The Labute approximate surface area is 132 Å². The number of carbonyl (C=O) groups is 2. The van der Waals surface area contributed by atoms with Crippen molar-refractivity contribution in [2.75, 3.05) is 5.32 Å². The van der Waals surface area contributed by atoms with E-state index in [1.165, 1.54) is 12.2 Å². The summed E-state index contributed by atoms with van der Waals surface area (Å²) in [5.74, 6) is -5.54. The lowest BCUT2D eigenvalue weighted by Crippen LogP contribution is -2.39. The minimum absolute atomic E-state index is 0.465. The lowest BCUT2D eigenvalue weighted by Gasteiger charge is -2.21. The summed E-state index contributed by atoms with van der Waals surface area (Å²) < 4.78 is 57.1. The van der Waals surface area contributed by atoms with Crippen LogP contribution in [0.5, 0.6) is 0 Å². The van der Waals surface area contributed by atoms with Crippen molar-refractivity contribution >= 4 is 17.6 Å². The molecule has 2 bridgehead atoms. The number of fused-ring (bicyclic) bond motifs is 2. The molecule has 1 saturated heterocycles. The molecular weight excluding hydrogens is 334 g/mol. The van der Waals surface area contributed by atoms with Crippen LogP contribution in [0.25, 0.3) is 0 Å². The standard InChI is InChI=1S/C15H11F4NO4/c16-7-2-1-6(15(17,18)19)5-8(7)20-13(21)11-9-3-4-10(24-9)12(11)14(22)23/h1-5,9-12H,(H,20,21)(H,22,23)/t9-,10+,11+,12-/m1/s1. The molecule has 0 saturated carbocycles. The topological polar surface area (TPSA) is 75.6 Å². The third-order valence-corrected chi connectivity index (χ3v) is 4.04. The van der Waals surface area contributed by atoms with E-state index in [9.17, 15) is 32.3 Å². The highest BCUT2D eigenvalue weighted by Gasteiger charge is 2.53. The number of hydrogen-bond acceptors (Lipinski definition) is 3. The molecular formula is C15H11F4NO4. The minimum Gasteiger partial charge on any atom is -0.481 e. The first-order valence-electron chi connectivity index (χ1n) is 6.92. The summed E-state index contributed by atoms with van der Waals surface area (Å²) in [7, 11) is 0. The highest BCUT2D eigenvalue weighted by molar-refractivity contribution is 5.96. The number of anilines is 1. The third kappa shape index (κ3) is 2.75. The lowest BCUT2D eigenvalue weighted by molar-refractivity contribution is -0.145. The van der Waals surface area contributed by atoms with Gasteiger partial charge in [0.05, 0.1) is 29.4 Å². The van der Waals surface area contributed by atoms with Gasteiger partial charge in [0.15, 0.2) is 0 Å². The van der Waals surface area contributed by atoms with Gasteiger partial charge in [-0.2, -0.15) is 13.2 Å². The Hall–Kier alpha value is -2.42. The molecule has 0 radical (unpaired) electrons. The molecule has 2 heterocycles. The van der Waals surface area contributed by atoms with Crippen molar-refractivity contribution in [3.8, 4) is 0 Å². The first kappa shape index (κ1) is 16.4. The van der Waals surface area contributed by atoms with Crippen molar-refractivity contribution in [3.05, 3.63) is 41.7 Å². The predicted molar refractivity (Wildman–Crippen MR) is 72.4 cm³/mol. The van der Waals surface area contributed by atoms with E-state index in [0.717, 1.165) is 0 Å². The molecule has 1 fully saturated rings. The number of carbonyl (C=O) groups excluding carboxylic acids is 1. The van der Waals surface area contributed by atoms with Crippen LogP contribution in [0.1, 0.15) is 5.56 Å². The number of aliphatic carboxylic acids is 1. The number of carboxylic acids is 1. The molecule has 0 unspecified atom stereocenters. The van der Waals surface area contributed by atoms with E-state index in [4.69, 9.17) is 4.74 Å². The maximum Gasteiger partial charge on any atom is 0.416 e. The lowest BCUT2D eigenvalue weighted by atomic mass is 9.82. The number of alkyl halides is 3. The number of carboxylic acid groups (broad SMARTS) is 1. The summed E-state index contributed by atoms with van der Waals surface area (Å²) in [6.07, 6.45) is -3.26. The number of benzene rings is 1. The summed E-state index contributed by atoms with van der Waals surface area (Å²) in [5.41, 5.74) is -1.79. The monoisotopic (exact) mass is 345 g/mol. The Bertz CT molecular complexity index is 731. The van der Waals surface area contributed by atoms with Gasteiger partial charge in [-0.05, 0) is 18.2 Å². The number of hydrogen-bond donors (Lipinski definition) is 2. The zero-order valence-electron chi connectivity index (χ0n) is 11.9. The van der Waals surface area contributed by atoms with E-state index in [1.807, 2.05) is 5.32 Å². The van der Waals surface area contributed by atoms with Crippen molar-refractivity contribution in [2.45, 2.75) is 18.4 Å². The average Bonchev–Trinajstić information content (AvgIpc) is 3.08. The highest BCUT2D eigenvalue weighted by Crippen LogP contribution is 2.40. The fourth-order valence-corrected chi connectivity index (χ4v) is 2.93. The molecule has 1 aromatic rings. The number of amides is 1. The quantitative estimate of drug-likeness (QED) is 0.652. The summed E-state index contributed by atoms with van der Waals surface area (Å²) in [5, 5.41) is 11.3. The molecule has 2 N–H and O–H groups in total. The van der Waals surface area contributed by atoms with Gasteiger partial charge in [0.25, 0.3) is 0 Å². The predicted octanol–water partition coefficient (Wildman–Crippen LogP) is 2.44. The molecule has 9 heteroatoms. The van der Waals surface area contributed by atoms with E-state index >= 15 is 0 Å². The van der Waals surface area contributed by atoms with Gasteiger partial charge >= 0.3 is 12.1 Å². The van der Waals surface area contributed by atoms with Crippen molar-refractivity contribution < 1.29 is 37.0 Å². The average molecular weight is 345 g/mol. The maximum atomic E-state index is 13.7. The Morgan fingerprint density at radius 1 is 1.12 bits per heavy atom. The largest absolute Gasteiger partial charge is 0.481 e. The van der Waals surface area contributed by atoms with Gasteiger partial charge in [0.1, 0.15) is 11.7 Å². The second-order valence-electron chi connectivity index (χ2n) is 5.52. The van der Waals surface area contributed by atoms with Crippen LogP contribution in [-0.2, 0) is 20.5 Å². The Morgan fingerprint density at radius 3 is 2.33 bits per heavy atom. The van der Waals surface area contributed by atoms with Gasteiger partial charge in [-0.15, -0.1) is 0 Å². The molecule has 0 aromatic heterocycles. The Kier molecular flexibility index (Phi) is 3.83. The van der Waals surface area contributed by atoms with Gasteiger partial charge in [-0.3, -0.25) is 9.59 Å². The number of rotatable bonds is 3. The van der Waals surface area contributed by atoms with Crippen LogP contribution in [0, 0.1) is 17.7 Å². The zero-order valence-corrected chi connectivity index (χ0v) is 11.9. The number of halogens is 4. The Morgan fingerprint density at radius 2 is 1.75 bits per heavy atom. The summed E-state index contributed by atoms with van der Waals surface area (Å²) >= 11 is 0. The van der Waals surface area contributed by atoms with Crippen LogP contribution in [0.2, 0.25) is 0 Å². The molecule has 24 heavy (non-hydrogen) atoms. The molecule has 2 aliphatic rings. The van der Waals surface area contributed by atoms with Crippen LogP contribution < -0.4 is 5.32 Å². The zero-order chi connectivity index (χ0) is 17.6. The first-order chi connectivity index (χ1) is 11.2. The molecule has 0 aliphatic carbocycles. The molecule has 5 nitrogen and oxygen atoms in total. The van der Waals surface area contributed by atoms with Crippen LogP contribution in [-0.4, -0.2) is 29.2 Å². The molecule has 3 rings (SSSR count). The van der Waals surface area contributed by atoms with Gasteiger partial charge in [-0.1, -0.05) is 12.2 Å². The summed E-state index contributed by atoms with van der Waals surface area (Å²) in [6.45, 7) is 0. The summed E-state index contributed by atoms with van der Waals surface area (Å²) in [6, 6.07) is 1.60. The summed E-state index contributed by atoms with van der Waals surface area (Å²) in [4.78, 5) is 23.6.